The number of likely N-dealkylation sites (tertiary alicyclic amines) is 1. The van der Waals surface area contributed by atoms with Crippen LogP contribution in [0, 0.1) is 6.92 Å². The van der Waals surface area contributed by atoms with Crippen LogP contribution in [0.2, 0.25) is 0 Å². The second-order valence-electron chi connectivity index (χ2n) is 6.71. The third-order valence-electron chi connectivity index (χ3n) is 5.10. The molecule has 0 saturated carbocycles. The van der Waals surface area contributed by atoms with E-state index in [9.17, 15) is 4.79 Å². The van der Waals surface area contributed by atoms with Gasteiger partial charge in [0, 0.05) is 32.3 Å². The Morgan fingerprint density at radius 1 is 1.27 bits per heavy atom. The van der Waals surface area contributed by atoms with Gasteiger partial charge in [0.15, 0.2) is 0 Å². The van der Waals surface area contributed by atoms with E-state index < -0.39 is 5.41 Å². The van der Waals surface area contributed by atoms with Crippen LogP contribution < -0.4 is 5.73 Å². The SMILES string of the molecule is Cc1ccc(C2(C(=O)N3CCCC(N)C3)CCOCC2)cc1. The Labute approximate surface area is 132 Å². The molecule has 1 unspecified atom stereocenters. The summed E-state index contributed by atoms with van der Waals surface area (Å²) in [5, 5.41) is 0. The minimum atomic E-state index is -0.428. The molecule has 22 heavy (non-hydrogen) atoms. The molecule has 1 amide bonds. The van der Waals surface area contributed by atoms with Crippen molar-refractivity contribution in [3.8, 4) is 0 Å². The molecule has 1 aromatic carbocycles. The summed E-state index contributed by atoms with van der Waals surface area (Å²) in [6.07, 6.45) is 3.55. The van der Waals surface area contributed by atoms with Crippen molar-refractivity contribution < 1.29 is 9.53 Å². The molecule has 0 bridgehead atoms. The van der Waals surface area contributed by atoms with Crippen LogP contribution in [0.4, 0.5) is 0 Å². The highest BCUT2D eigenvalue weighted by atomic mass is 16.5. The highest BCUT2D eigenvalue weighted by Crippen LogP contribution is 2.37. The zero-order chi connectivity index (χ0) is 15.6. The maximum Gasteiger partial charge on any atom is 0.233 e. The Hall–Kier alpha value is -1.39. The first-order valence-electron chi connectivity index (χ1n) is 8.32. The Kier molecular flexibility index (Phi) is 4.50. The van der Waals surface area contributed by atoms with Crippen molar-refractivity contribution >= 4 is 5.91 Å². The number of carbonyl (C=O) groups is 1. The predicted molar refractivity (Wildman–Crippen MR) is 86.7 cm³/mol. The van der Waals surface area contributed by atoms with E-state index in [0.717, 1.165) is 37.8 Å². The summed E-state index contributed by atoms with van der Waals surface area (Å²) in [6, 6.07) is 8.54. The zero-order valence-corrected chi connectivity index (χ0v) is 13.4. The standard InChI is InChI=1S/C18H26N2O2/c1-14-4-6-15(7-5-14)18(8-11-22-12-9-18)17(21)20-10-2-3-16(19)13-20/h4-7,16H,2-3,8-13,19H2,1H3. The lowest BCUT2D eigenvalue weighted by atomic mass is 9.72. The third-order valence-corrected chi connectivity index (χ3v) is 5.10. The molecule has 120 valence electrons. The van der Waals surface area contributed by atoms with Crippen molar-refractivity contribution in [1.82, 2.24) is 4.90 Å². The van der Waals surface area contributed by atoms with E-state index in [0.29, 0.717) is 19.8 Å². The fourth-order valence-corrected chi connectivity index (χ4v) is 3.72. The van der Waals surface area contributed by atoms with Crippen molar-refractivity contribution in [3.05, 3.63) is 35.4 Å². The first-order valence-corrected chi connectivity index (χ1v) is 8.32. The molecule has 2 heterocycles. The van der Waals surface area contributed by atoms with Crippen LogP contribution in [-0.2, 0) is 14.9 Å². The number of amides is 1. The van der Waals surface area contributed by atoms with Gasteiger partial charge in [-0.2, -0.15) is 0 Å². The number of nitrogens with zero attached hydrogens (tertiary/aromatic N) is 1. The van der Waals surface area contributed by atoms with E-state index in [1.807, 2.05) is 4.90 Å². The summed E-state index contributed by atoms with van der Waals surface area (Å²) >= 11 is 0. The van der Waals surface area contributed by atoms with Gasteiger partial charge >= 0.3 is 0 Å². The Morgan fingerprint density at radius 2 is 1.95 bits per heavy atom. The Bertz CT molecular complexity index is 520. The summed E-state index contributed by atoms with van der Waals surface area (Å²) in [7, 11) is 0. The van der Waals surface area contributed by atoms with Crippen LogP contribution in [0.15, 0.2) is 24.3 Å². The number of nitrogens with two attached hydrogens (primary N) is 1. The minimum absolute atomic E-state index is 0.118. The molecule has 2 fully saturated rings. The van der Waals surface area contributed by atoms with Gasteiger partial charge in [0.2, 0.25) is 5.91 Å². The fraction of sp³-hybridized carbons (Fsp3) is 0.611. The number of piperidine rings is 1. The molecule has 2 aliphatic rings. The molecule has 2 N–H and O–H groups in total. The van der Waals surface area contributed by atoms with Crippen LogP contribution in [-0.4, -0.2) is 43.2 Å². The van der Waals surface area contributed by atoms with Crippen molar-refractivity contribution in [2.24, 2.45) is 5.73 Å². The molecule has 2 saturated heterocycles. The van der Waals surface area contributed by atoms with E-state index >= 15 is 0 Å². The second-order valence-corrected chi connectivity index (χ2v) is 6.71. The highest BCUT2D eigenvalue weighted by Gasteiger charge is 2.44. The van der Waals surface area contributed by atoms with Crippen molar-refractivity contribution in [1.29, 1.82) is 0 Å². The molecule has 3 rings (SSSR count). The molecule has 0 aromatic heterocycles. The zero-order valence-electron chi connectivity index (χ0n) is 13.4. The molecular weight excluding hydrogens is 276 g/mol. The molecule has 0 spiro atoms. The lowest BCUT2D eigenvalue weighted by Gasteiger charge is -2.42. The van der Waals surface area contributed by atoms with Crippen LogP contribution in [0.3, 0.4) is 0 Å². The molecule has 0 aliphatic carbocycles. The summed E-state index contributed by atoms with van der Waals surface area (Å²) in [5.41, 5.74) is 8.00. The van der Waals surface area contributed by atoms with Gasteiger partial charge in [0.05, 0.1) is 5.41 Å². The number of carbonyl (C=O) groups excluding carboxylic acids is 1. The number of aryl methyl sites for hydroxylation is 1. The number of benzene rings is 1. The van der Waals surface area contributed by atoms with E-state index in [1.54, 1.807) is 0 Å². The Balaban J connectivity index is 1.91. The van der Waals surface area contributed by atoms with Gasteiger partial charge in [0.25, 0.3) is 0 Å². The molecule has 4 nitrogen and oxygen atoms in total. The summed E-state index contributed by atoms with van der Waals surface area (Å²) < 4.78 is 5.53. The molecule has 4 heteroatoms. The van der Waals surface area contributed by atoms with Gasteiger partial charge in [0.1, 0.15) is 0 Å². The van der Waals surface area contributed by atoms with Gasteiger partial charge in [-0.3, -0.25) is 4.79 Å². The maximum absolute atomic E-state index is 13.3. The molecule has 1 atom stereocenters. The van der Waals surface area contributed by atoms with Gasteiger partial charge in [-0.1, -0.05) is 29.8 Å². The van der Waals surface area contributed by atoms with Crippen molar-refractivity contribution in [2.45, 2.75) is 44.1 Å². The fourth-order valence-electron chi connectivity index (χ4n) is 3.72. The number of hydrogen-bond acceptors (Lipinski definition) is 3. The van der Waals surface area contributed by atoms with Crippen LogP contribution >= 0.6 is 0 Å². The average Bonchev–Trinajstić information content (AvgIpc) is 2.55. The van der Waals surface area contributed by atoms with Gasteiger partial charge in [-0.25, -0.2) is 0 Å². The smallest absolute Gasteiger partial charge is 0.233 e. The van der Waals surface area contributed by atoms with Crippen LogP contribution in [0.5, 0.6) is 0 Å². The predicted octanol–water partition coefficient (Wildman–Crippen LogP) is 1.99. The lowest BCUT2D eigenvalue weighted by molar-refractivity contribution is -0.142. The third kappa shape index (κ3) is 2.90. The summed E-state index contributed by atoms with van der Waals surface area (Å²) in [6.45, 7) is 4.90. The second kappa shape index (κ2) is 6.39. The van der Waals surface area contributed by atoms with Gasteiger partial charge in [-0.15, -0.1) is 0 Å². The molecule has 0 radical (unpaired) electrons. The molecule has 2 aliphatic heterocycles. The first-order chi connectivity index (χ1) is 10.6. The van der Waals surface area contributed by atoms with E-state index in [1.165, 1.54) is 5.56 Å². The van der Waals surface area contributed by atoms with Crippen LogP contribution in [0.25, 0.3) is 0 Å². The number of ether oxygens (including phenoxy) is 1. The van der Waals surface area contributed by atoms with E-state index in [4.69, 9.17) is 10.5 Å². The average molecular weight is 302 g/mol. The van der Waals surface area contributed by atoms with E-state index in [-0.39, 0.29) is 11.9 Å². The topological polar surface area (TPSA) is 55.6 Å². The summed E-state index contributed by atoms with van der Waals surface area (Å²) in [5.74, 6) is 0.245. The summed E-state index contributed by atoms with van der Waals surface area (Å²) in [4.78, 5) is 15.3. The van der Waals surface area contributed by atoms with Crippen LogP contribution in [0.1, 0.15) is 36.8 Å². The monoisotopic (exact) mass is 302 g/mol. The van der Waals surface area contributed by atoms with Crippen molar-refractivity contribution in [3.63, 3.8) is 0 Å². The largest absolute Gasteiger partial charge is 0.381 e. The minimum Gasteiger partial charge on any atom is -0.381 e. The first kappa shape index (κ1) is 15.5. The lowest BCUT2D eigenvalue weighted by Crippen LogP contribution is -2.54. The maximum atomic E-state index is 13.3. The van der Waals surface area contributed by atoms with Crippen molar-refractivity contribution in [2.75, 3.05) is 26.3 Å². The molecule has 1 aromatic rings. The van der Waals surface area contributed by atoms with Gasteiger partial charge < -0.3 is 15.4 Å². The number of rotatable bonds is 2. The normalized spacial score (nSPS) is 25.0. The quantitative estimate of drug-likeness (QED) is 0.909. The molecular formula is C18H26N2O2. The highest BCUT2D eigenvalue weighted by molar-refractivity contribution is 5.88. The van der Waals surface area contributed by atoms with E-state index in [2.05, 4.69) is 31.2 Å². The number of hydrogen-bond donors (Lipinski definition) is 1. The van der Waals surface area contributed by atoms with Gasteiger partial charge in [-0.05, 0) is 38.2 Å². The Morgan fingerprint density at radius 3 is 2.59 bits per heavy atom.